The van der Waals surface area contributed by atoms with Crippen LogP contribution in [0.15, 0.2) is 72.8 Å². The number of amides is 3. The monoisotopic (exact) mass is 607 g/mol. The molecule has 1 aliphatic carbocycles. The Morgan fingerprint density at radius 3 is 1.47 bits per heavy atom. The zero-order chi connectivity index (χ0) is 32.1. The van der Waals surface area contributed by atoms with E-state index in [4.69, 9.17) is 16.2 Å². The largest absolute Gasteiger partial charge is 0.444 e. The summed E-state index contributed by atoms with van der Waals surface area (Å²) in [5.41, 5.74) is 14.3. The first kappa shape index (κ1) is 32.0. The Morgan fingerprint density at radius 1 is 0.622 bits per heavy atom. The number of piperidine rings is 1. The van der Waals surface area contributed by atoms with Crippen LogP contribution in [0.25, 0.3) is 21.5 Å². The van der Waals surface area contributed by atoms with E-state index in [-0.39, 0.29) is 12.0 Å². The third-order valence-electron chi connectivity index (χ3n) is 9.08. The predicted octanol–water partition coefficient (Wildman–Crippen LogP) is 8.04. The lowest BCUT2D eigenvalue weighted by Gasteiger charge is -2.34. The second-order valence-electron chi connectivity index (χ2n) is 13.3. The van der Waals surface area contributed by atoms with Crippen molar-refractivity contribution in [3.63, 3.8) is 0 Å². The minimum absolute atomic E-state index is 0.245. The van der Waals surface area contributed by atoms with Gasteiger partial charge in [-0.1, -0.05) is 79.9 Å². The Kier molecular flexibility index (Phi) is 9.76. The number of benzene rings is 4. The molecule has 2 fully saturated rings. The fourth-order valence-electron chi connectivity index (χ4n) is 6.90. The van der Waals surface area contributed by atoms with Crippen LogP contribution in [0.4, 0.5) is 4.79 Å². The third-order valence-corrected chi connectivity index (χ3v) is 9.08. The molecular weight excluding hydrogens is 562 g/mol. The Labute approximate surface area is 265 Å². The van der Waals surface area contributed by atoms with Crippen LogP contribution in [0.5, 0.6) is 0 Å². The van der Waals surface area contributed by atoms with E-state index in [1.165, 1.54) is 48.6 Å². The molecule has 0 radical (unpaired) electrons. The highest BCUT2D eigenvalue weighted by atomic mass is 16.6. The summed E-state index contributed by atoms with van der Waals surface area (Å²) in [6.45, 7) is 6.98. The summed E-state index contributed by atoms with van der Waals surface area (Å²) < 4.78 is 5.47. The van der Waals surface area contributed by atoms with E-state index in [0.29, 0.717) is 36.1 Å². The summed E-state index contributed by atoms with van der Waals surface area (Å²) >= 11 is 0. The van der Waals surface area contributed by atoms with Gasteiger partial charge in [0.05, 0.1) is 0 Å². The number of hydrogen-bond acceptors (Lipinski definition) is 4. The van der Waals surface area contributed by atoms with E-state index in [0.717, 1.165) is 29.0 Å². The molecular formula is C38H45N3O4. The molecule has 0 atom stereocenters. The van der Waals surface area contributed by atoms with Crippen molar-refractivity contribution in [2.45, 2.75) is 83.2 Å². The van der Waals surface area contributed by atoms with Crippen molar-refractivity contribution < 1.29 is 19.1 Å². The lowest BCUT2D eigenvalue weighted by Crippen LogP contribution is -2.41. The molecule has 1 saturated carbocycles. The van der Waals surface area contributed by atoms with Gasteiger partial charge in [-0.15, -0.1) is 0 Å². The number of ether oxygens (including phenoxy) is 1. The lowest BCUT2D eigenvalue weighted by atomic mass is 9.81. The summed E-state index contributed by atoms with van der Waals surface area (Å²) in [6.07, 6.45) is 8.02. The van der Waals surface area contributed by atoms with Crippen molar-refractivity contribution >= 4 is 39.5 Å². The maximum Gasteiger partial charge on any atom is 0.410 e. The topological polar surface area (TPSA) is 116 Å². The number of likely N-dealkylation sites (tertiary alicyclic amines) is 1. The molecule has 4 aromatic rings. The number of carbonyl (C=O) groups is 3. The lowest BCUT2D eigenvalue weighted by molar-refractivity contribution is 0.0205. The third kappa shape index (κ3) is 7.47. The van der Waals surface area contributed by atoms with E-state index in [2.05, 4.69) is 12.1 Å². The predicted molar refractivity (Wildman–Crippen MR) is 181 cm³/mol. The van der Waals surface area contributed by atoms with Crippen LogP contribution in [-0.4, -0.2) is 41.5 Å². The molecule has 0 bridgehead atoms. The smallest absolute Gasteiger partial charge is 0.410 e. The van der Waals surface area contributed by atoms with Crippen LogP contribution in [0.2, 0.25) is 0 Å². The van der Waals surface area contributed by atoms with Gasteiger partial charge in [0.25, 0.3) is 0 Å². The number of hydrogen-bond donors (Lipinski definition) is 2. The summed E-state index contributed by atoms with van der Waals surface area (Å²) in [6, 6.07) is 23.8. The van der Waals surface area contributed by atoms with E-state index in [9.17, 15) is 14.4 Å². The van der Waals surface area contributed by atoms with Gasteiger partial charge >= 0.3 is 6.09 Å². The zero-order valence-corrected chi connectivity index (χ0v) is 26.7. The molecule has 236 valence electrons. The number of rotatable bonds is 4. The summed E-state index contributed by atoms with van der Waals surface area (Å²) in [5, 5.41) is 4.16. The van der Waals surface area contributed by atoms with Crippen molar-refractivity contribution in [3.05, 3.63) is 95.1 Å². The number of nitrogens with two attached hydrogens (primary N) is 2. The van der Waals surface area contributed by atoms with E-state index >= 15 is 0 Å². The minimum Gasteiger partial charge on any atom is -0.444 e. The number of nitrogens with zero attached hydrogens (tertiary/aromatic N) is 1. The van der Waals surface area contributed by atoms with Crippen molar-refractivity contribution in [3.8, 4) is 0 Å². The Hall–Kier alpha value is -4.39. The van der Waals surface area contributed by atoms with Gasteiger partial charge in [-0.25, -0.2) is 4.79 Å². The van der Waals surface area contributed by atoms with Gasteiger partial charge in [-0.2, -0.15) is 0 Å². The van der Waals surface area contributed by atoms with Crippen molar-refractivity contribution in [1.29, 1.82) is 0 Å². The summed E-state index contributed by atoms with van der Waals surface area (Å²) in [4.78, 5) is 37.2. The van der Waals surface area contributed by atoms with Gasteiger partial charge in [-0.05, 0) is 103 Å². The van der Waals surface area contributed by atoms with Crippen LogP contribution in [-0.2, 0) is 4.74 Å². The average molecular weight is 608 g/mol. The van der Waals surface area contributed by atoms with Crippen molar-refractivity contribution in [2.24, 2.45) is 11.5 Å². The molecule has 0 spiro atoms. The molecule has 3 amide bonds. The second kappa shape index (κ2) is 13.7. The number of primary amides is 2. The van der Waals surface area contributed by atoms with Gasteiger partial charge in [0.1, 0.15) is 5.60 Å². The molecule has 1 aliphatic heterocycles. The number of fused-ring (bicyclic) bond motifs is 2. The van der Waals surface area contributed by atoms with E-state index in [1.54, 1.807) is 4.90 Å². The van der Waals surface area contributed by atoms with Crippen LogP contribution >= 0.6 is 0 Å². The Balaban J connectivity index is 0.000000186. The van der Waals surface area contributed by atoms with Crippen LogP contribution < -0.4 is 11.5 Å². The van der Waals surface area contributed by atoms with Gasteiger partial charge in [0, 0.05) is 24.2 Å². The molecule has 1 heterocycles. The highest BCUT2D eigenvalue weighted by Crippen LogP contribution is 2.37. The molecule has 7 heteroatoms. The fraction of sp³-hybridized carbons (Fsp3) is 0.395. The molecule has 7 nitrogen and oxygen atoms in total. The van der Waals surface area contributed by atoms with Gasteiger partial charge in [0.15, 0.2) is 0 Å². The van der Waals surface area contributed by atoms with Gasteiger partial charge in [0.2, 0.25) is 11.8 Å². The average Bonchev–Trinajstić information content (AvgIpc) is 3.03. The molecule has 1 saturated heterocycles. The molecule has 45 heavy (non-hydrogen) atoms. The van der Waals surface area contributed by atoms with Crippen LogP contribution in [0, 0.1) is 0 Å². The standard InChI is InChI=1S/C21H26N2O3.C17H19NO/c1-21(2,3)26-20(25)23-12-10-14(11-13-23)15-8-9-18(19(22)24)17-7-5-4-6-16(15)17;18-17(19)16-11-10-13(12-6-2-1-3-7-12)14-8-4-5-9-15(14)16/h4-9,14H,10-13H2,1-3H3,(H2,22,24);4-5,8-12H,1-3,6-7H2,(H2,18,19). The van der Waals surface area contributed by atoms with Crippen molar-refractivity contribution in [2.75, 3.05) is 13.1 Å². The quantitative estimate of drug-likeness (QED) is 0.244. The maximum absolute atomic E-state index is 12.2. The van der Waals surface area contributed by atoms with Crippen molar-refractivity contribution in [1.82, 2.24) is 4.90 Å². The first-order valence-electron chi connectivity index (χ1n) is 16.1. The van der Waals surface area contributed by atoms with Crippen LogP contribution in [0.3, 0.4) is 0 Å². The van der Waals surface area contributed by atoms with E-state index < -0.39 is 11.5 Å². The first-order valence-corrected chi connectivity index (χ1v) is 16.1. The van der Waals surface area contributed by atoms with Crippen LogP contribution in [0.1, 0.15) is 109 Å². The SMILES string of the molecule is CC(C)(C)OC(=O)N1CCC(c2ccc(C(N)=O)c3ccccc23)CC1.NC(=O)c1ccc(C2CCCCC2)c2ccccc12. The zero-order valence-electron chi connectivity index (χ0n) is 26.7. The summed E-state index contributed by atoms with van der Waals surface area (Å²) in [5.74, 6) is 0.236. The number of carbonyl (C=O) groups excluding carboxylic acids is 3. The Morgan fingerprint density at radius 2 is 1.04 bits per heavy atom. The molecule has 6 rings (SSSR count). The van der Waals surface area contributed by atoms with E-state index in [1.807, 2.05) is 81.4 Å². The first-order chi connectivity index (χ1) is 21.5. The maximum atomic E-state index is 12.2. The summed E-state index contributed by atoms with van der Waals surface area (Å²) in [7, 11) is 0. The molecule has 4 aromatic carbocycles. The molecule has 4 N–H and O–H groups in total. The van der Waals surface area contributed by atoms with Gasteiger partial charge in [-0.3, -0.25) is 9.59 Å². The Bertz CT molecular complexity index is 1690. The normalized spacial score (nSPS) is 16.2. The molecule has 0 unspecified atom stereocenters. The van der Waals surface area contributed by atoms with Gasteiger partial charge < -0.3 is 21.1 Å². The minimum atomic E-state index is -0.477. The highest BCUT2D eigenvalue weighted by Gasteiger charge is 2.28. The fourth-order valence-corrected chi connectivity index (χ4v) is 6.90. The highest BCUT2D eigenvalue weighted by molar-refractivity contribution is 6.08. The second-order valence-corrected chi connectivity index (χ2v) is 13.3. The molecule has 0 aromatic heterocycles. The molecule has 2 aliphatic rings.